The molecule has 0 radical (unpaired) electrons. The number of nitrogens with one attached hydrogen (secondary N) is 1. The second-order valence-corrected chi connectivity index (χ2v) is 7.62. The van der Waals surface area contributed by atoms with Crippen LogP contribution in [0.3, 0.4) is 0 Å². The van der Waals surface area contributed by atoms with E-state index in [1.807, 2.05) is 7.05 Å². The van der Waals surface area contributed by atoms with Crippen LogP contribution >= 0.6 is 39.9 Å². The van der Waals surface area contributed by atoms with E-state index in [9.17, 15) is 0 Å². The van der Waals surface area contributed by atoms with Gasteiger partial charge in [0.1, 0.15) is 0 Å². The van der Waals surface area contributed by atoms with Gasteiger partial charge in [-0.05, 0) is 28.3 Å². The maximum absolute atomic E-state index is 5.66. The molecule has 1 aromatic rings. The van der Waals surface area contributed by atoms with Crippen LogP contribution in [-0.4, -0.2) is 80.9 Å². The van der Waals surface area contributed by atoms with Crippen LogP contribution in [0, 0.1) is 5.92 Å². The number of hydrogen-bond acceptors (Lipinski definition) is 6. The highest BCUT2D eigenvalue weighted by Gasteiger charge is 2.22. The Hall–Kier alpha value is -0.880. The number of ether oxygens (including phenoxy) is 2. The minimum absolute atomic E-state index is 0. The number of nitrogens with zero attached hydrogens (tertiary/aromatic N) is 5. The number of anilines is 1. The average molecular weight is 571 g/mol. The fourth-order valence-corrected chi connectivity index (χ4v) is 3.10. The third kappa shape index (κ3) is 7.86. The molecule has 0 spiro atoms. The molecule has 1 N–H and O–H groups in total. The molecule has 1 aliphatic rings. The molecule has 0 amide bonds. The summed E-state index contributed by atoms with van der Waals surface area (Å²) in [4.78, 5) is 17.7. The van der Waals surface area contributed by atoms with E-state index in [1.54, 1.807) is 13.3 Å². The summed E-state index contributed by atoms with van der Waals surface area (Å²) < 4.78 is 11.7. The molecule has 0 bridgehead atoms. The van der Waals surface area contributed by atoms with Gasteiger partial charge in [0.2, 0.25) is 11.8 Å². The zero-order valence-corrected chi connectivity index (χ0v) is 21.1. The van der Waals surface area contributed by atoms with Crippen molar-refractivity contribution in [3.05, 3.63) is 10.7 Å². The van der Waals surface area contributed by atoms with Gasteiger partial charge >= 0.3 is 0 Å². The van der Waals surface area contributed by atoms with Gasteiger partial charge in [0, 0.05) is 46.4 Å². The SMILES string of the molecule is CN=C(NCCOCCC(C)C)N1CCN(c2ncc(Br)c(OC)n2)CC1.I. The van der Waals surface area contributed by atoms with E-state index in [2.05, 4.69) is 59.9 Å². The zero-order chi connectivity index (χ0) is 19.6. The summed E-state index contributed by atoms with van der Waals surface area (Å²) in [5.74, 6) is 2.83. The lowest BCUT2D eigenvalue weighted by molar-refractivity contribution is 0.127. The molecule has 1 fully saturated rings. The van der Waals surface area contributed by atoms with Crippen molar-refractivity contribution in [3.8, 4) is 5.88 Å². The third-order valence-corrected chi connectivity index (χ3v) is 4.88. The van der Waals surface area contributed by atoms with Crippen LogP contribution in [-0.2, 0) is 4.74 Å². The standard InChI is InChI=1S/C18H31BrN6O2.HI/c1-14(2)5-11-27-12-6-21-17(20-3)24-7-9-25(10-8-24)18-22-13-15(19)16(23-18)26-4;/h13-14H,5-12H2,1-4H3,(H,20,21);1H. The van der Waals surface area contributed by atoms with Crippen molar-refractivity contribution in [2.45, 2.75) is 20.3 Å². The normalized spacial score (nSPS) is 14.9. The summed E-state index contributed by atoms with van der Waals surface area (Å²) in [7, 11) is 3.42. The van der Waals surface area contributed by atoms with Crippen molar-refractivity contribution < 1.29 is 9.47 Å². The van der Waals surface area contributed by atoms with Gasteiger partial charge in [-0.3, -0.25) is 4.99 Å². The second kappa shape index (κ2) is 13.4. The van der Waals surface area contributed by atoms with Crippen LogP contribution in [0.1, 0.15) is 20.3 Å². The van der Waals surface area contributed by atoms with Crippen LogP contribution in [0.2, 0.25) is 0 Å². The Morgan fingerprint density at radius 1 is 1.29 bits per heavy atom. The van der Waals surface area contributed by atoms with E-state index >= 15 is 0 Å². The lowest BCUT2D eigenvalue weighted by Gasteiger charge is -2.36. The summed E-state index contributed by atoms with van der Waals surface area (Å²) in [5.41, 5.74) is 0. The third-order valence-electron chi connectivity index (χ3n) is 4.34. The van der Waals surface area contributed by atoms with Crippen LogP contribution in [0.5, 0.6) is 5.88 Å². The lowest BCUT2D eigenvalue weighted by Crippen LogP contribution is -2.53. The number of halogens is 2. The minimum atomic E-state index is 0. The molecule has 8 nitrogen and oxygen atoms in total. The van der Waals surface area contributed by atoms with Crippen LogP contribution in [0.25, 0.3) is 0 Å². The highest BCUT2D eigenvalue weighted by molar-refractivity contribution is 14.0. The van der Waals surface area contributed by atoms with Crippen molar-refractivity contribution >= 4 is 51.8 Å². The Labute approximate surface area is 193 Å². The molecule has 0 atom stereocenters. The van der Waals surface area contributed by atoms with Gasteiger partial charge in [-0.25, -0.2) is 4.98 Å². The highest BCUT2D eigenvalue weighted by Crippen LogP contribution is 2.23. The van der Waals surface area contributed by atoms with Crippen LogP contribution < -0.4 is 15.0 Å². The number of piperazine rings is 1. The van der Waals surface area contributed by atoms with Crippen LogP contribution in [0.4, 0.5) is 5.95 Å². The van der Waals surface area contributed by atoms with Gasteiger partial charge in [0.05, 0.1) is 24.4 Å². The second-order valence-electron chi connectivity index (χ2n) is 6.77. The van der Waals surface area contributed by atoms with Gasteiger partial charge in [-0.2, -0.15) is 4.98 Å². The van der Waals surface area contributed by atoms with Gasteiger partial charge in [0.15, 0.2) is 5.96 Å². The quantitative estimate of drug-likeness (QED) is 0.223. The Kier molecular flexibility index (Phi) is 12.0. The Balaban J connectivity index is 0.00000392. The van der Waals surface area contributed by atoms with E-state index in [0.29, 0.717) is 24.4 Å². The van der Waals surface area contributed by atoms with Crippen molar-refractivity contribution in [3.63, 3.8) is 0 Å². The Morgan fingerprint density at radius 2 is 2.00 bits per heavy atom. The van der Waals surface area contributed by atoms with Gasteiger partial charge in [0.25, 0.3) is 0 Å². The molecule has 0 unspecified atom stereocenters. The molecule has 10 heteroatoms. The van der Waals surface area contributed by atoms with Gasteiger partial charge < -0.3 is 24.6 Å². The molecular weight excluding hydrogens is 539 g/mol. The summed E-state index contributed by atoms with van der Waals surface area (Å²) in [6, 6.07) is 0. The smallest absolute Gasteiger partial charge is 0.232 e. The molecule has 0 aliphatic carbocycles. The van der Waals surface area contributed by atoms with Crippen molar-refractivity contribution in [1.82, 2.24) is 20.2 Å². The minimum Gasteiger partial charge on any atom is -0.480 e. The van der Waals surface area contributed by atoms with Crippen LogP contribution in [0.15, 0.2) is 15.7 Å². The van der Waals surface area contributed by atoms with E-state index in [1.165, 1.54) is 0 Å². The topological polar surface area (TPSA) is 75.1 Å². The van der Waals surface area contributed by atoms with E-state index < -0.39 is 0 Å². The predicted octanol–water partition coefficient (Wildman–Crippen LogP) is 2.63. The molecular formula is C18H32BrIN6O2. The molecule has 2 rings (SSSR count). The van der Waals surface area contributed by atoms with Gasteiger partial charge in [-0.1, -0.05) is 13.8 Å². The number of hydrogen-bond donors (Lipinski definition) is 1. The predicted molar refractivity (Wildman–Crippen MR) is 127 cm³/mol. The highest BCUT2D eigenvalue weighted by atomic mass is 127. The monoisotopic (exact) mass is 570 g/mol. The molecule has 2 heterocycles. The molecule has 1 saturated heterocycles. The number of methoxy groups -OCH3 is 1. The summed E-state index contributed by atoms with van der Waals surface area (Å²) >= 11 is 3.39. The van der Waals surface area contributed by atoms with Crippen molar-refractivity contribution in [2.24, 2.45) is 10.9 Å². The van der Waals surface area contributed by atoms with E-state index in [0.717, 1.165) is 56.2 Å². The van der Waals surface area contributed by atoms with Crippen molar-refractivity contribution in [1.29, 1.82) is 0 Å². The summed E-state index contributed by atoms with van der Waals surface area (Å²) in [6.45, 7) is 10.1. The van der Waals surface area contributed by atoms with Gasteiger partial charge in [-0.15, -0.1) is 24.0 Å². The molecule has 1 aliphatic heterocycles. The zero-order valence-electron chi connectivity index (χ0n) is 17.2. The maximum Gasteiger partial charge on any atom is 0.232 e. The largest absolute Gasteiger partial charge is 0.480 e. The molecule has 160 valence electrons. The first-order chi connectivity index (χ1) is 13.0. The summed E-state index contributed by atoms with van der Waals surface area (Å²) in [5, 5.41) is 3.38. The first-order valence-electron chi connectivity index (χ1n) is 9.40. The molecule has 1 aromatic heterocycles. The number of aliphatic imine (C=N–C) groups is 1. The number of aromatic nitrogens is 2. The number of rotatable bonds is 8. The Bertz CT molecular complexity index is 612. The lowest BCUT2D eigenvalue weighted by atomic mass is 10.1. The number of guanidine groups is 1. The molecule has 0 aromatic carbocycles. The maximum atomic E-state index is 5.66. The average Bonchev–Trinajstić information content (AvgIpc) is 2.68. The summed E-state index contributed by atoms with van der Waals surface area (Å²) in [6.07, 6.45) is 2.83. The molecule has 0 saturated carbocycles. The van der Waals surface area contributed by atoms with E-state index in [4.69, 9.17) is 9.47 Å². The first kappa shape index (κ1) is 25.2. The fraction of sp³-hybridized carbons (Fsp3) is 0.722. The molecule has 28 heavy (non-hydrogen) atoms. The van der Waals surface area contributed by atoms with Crippen molar-refractivity contribution in [2.75, 3.05) is 65.0 Å². The van der Waals surface area contributed by atoms with E-state index in [-0.39, 0.29) is 24.0 Å². The Morgan fingerprint density at radius 3 is 2.61 bits per heavy atom. The first-order valence-corrected chi connectivity index (χ1v) is 10.2. The fourth-order valence-electron chi connectivity index (χ4n) is 2.74.